The number of halogens is 2. The largest absolute Gasteiger partial charge is 0.221 e. The van der Waals surface area contributed by atoms with Gasteiger partial charge in [-0.1, -0.05) is 49.4 Å². The van der Waals surface area contributed by atoms with Crippen molar-refractivity contribution >= 4 is 23.2 Å². The monoisotopic (exact) mass is 258 g/mol. The summed E-state index contributed by atoms with van der Waals surface area (Å²) in [6.07, 6.45) is 6.17. The van der Waals surface area contributed by atoms with Gasteiger partial charge < -0.3 is 0 Å². The van der Waals surface area contributed by atoms with Crippen LogP contribution < -0.4 is 0 Å². The summed E-state index contributed by atoms with van der Waals surface area (Å²) in [5.74, 6) is 2.07. The Morgan fingerprint density at radius 3 is 2.56 bits per heavy atom. The van der Waals surface area contributed by atoms with Crippen molar-refractivity contribution in [3.05, 3.63) is 22.2 Å². The van der Waals surface area contributed by atoms with E-state index in [-0.39, 0.29) is 0 Å². The number of hydrogen-bond donors (Lipinski definition) is 0. The van der Waals surface area contributed by atoms with E-state index >= 15 is 0 Å². The van der Waals surface area contributed by atoms with Gasteiger partial charge in [0.2, 0.25) is 0 Å². The van der Waals surface area contributed by atoms with Gasteiger partial charge in [0.05, 0.1) is 0 Å². The smallest absolute Gasteiger partial charge is 0.134 e. The molecule has 0 bridgehead atoms. The van der Waals surface area contributed by atoms with E-state index in [9.17, 15) is 0 Å². The van der Waals surface area contributed by atoms with Crippen LogP contribution in [0.4, 0.5) is 0 Å². The molecule has 0 aliphatic heterocycles. The predicted molar refractivity (Wildman–Crippen MR) is 67.0 cm³/mol. The summed E-state index contributed by atoms with van der Waals surface area (Å²) >= 11 is 11.8. The van der Waals surface area contributed by atoms with Crippen LogP contribution in [0.2, 0.25) is 10.3 Å². The Bertz CT molecular complexity index is 348. The average molecular weight is 259 g/mol. The summed E-state index contributed by atoms with van der Waals surface area (Å²) < 4.78 is 0. The molecule has 0 radical (unpaired) electrons. The van der Waals surface area contributed by atoms with E-state index in [1.165, 1.54) is 25.7 Å². The second kappa shape index (κ2) is 5.33. The first kappa shape index (κ1) is 12.1. The normalized spacial score (nSPS) is 25.7. The first-order valence-electron chi connectivity index (χ1n) is 5.89. The molecule has 0 N–H and O–H groups in total. The van der Waals surface area contributed by atoms with Crippen LogP contribution in [0.1, 0.15) is 50.8 Å². The molecule has 16 heavy (non-hydrogen) atoms. The van der Waals surface area contributed by atoms with Crippen LogP contribution in [0.5, 0.6) is 0 Å². The minimum Gasteiger partial charge on any atom is -0.221 e. The summed E-state index contributed by atoms with van der Waals surface area (Å²) in [4.78, 5) is 8.59. The van der Waals surface area contributed by atoms with Crippen molar-refractivity contribution < 1.29 is 0 Å². The van der Waals surface area contributed by atoms with Gasteiger partial charge in [-0.05, 0) is 18.8 Å². The average Bonchev–Trinajstić information content (AvgIpc) is 2.28. The highest BCUT2D eigenvalue weighted by Gasteiger charge is 2.24. The van der Waals surface area contributed by atoms with Gasteiger partial charge in [-0.15, -0.1) is 0 Å². The standard InChI is InChI=1S/C12H16Cl2N2/c1-2-8-4-3-5-9(6-8)12-15-10(13)7-11(14)16-12/h7-9H,2-6H2,1H3. The number of nitrogens with zero attached hydrogens (tertiary/aromatic N) is 2. The third kappa shape index (κ3) is 2.86. The van der Waals surface area contributed by atoms with E-state index in [1.54, 1.807) is 6.07 Å². The van der Waals surface area contributed by atoms with Crippen LogP contribution >= 0.6 is 23.2 Å². The summed E-state index contributed by atoms with van der Waals surface area (Å²) in [7, 11) is 0. The fourth-order valence-electron chi connectivity index (χ4n) is 2.49. The molecule has 1 heterocycles. The molecule has 2 nitrogen and oxygen atoms in total. The van der Waals surface area contributed by atoms with Crippen LogP contribution in [0.25, 0.3) is 0 Å². The minimum absolute atomic E-state index is 0.440. The van der Waals surface area contributed by atoms with Crippen LogP contribution in [-0.2, 0) is 0 Å². The Balaban J connectivity index is 2.16. The van der Waals surface area contributed by atoms with E-state index in [1.807, 2.05) is 0 Å². The third-order valence-corrected chi connectivity index (χ3v) is 3.79. The second-order valence-electron chi connectivity index (χ2n) is 4.51. The van der Waals surface area contributed by atoms with Crippen molar-refractivity contribution in [1.29, 1.82) is 0 Å². The number of aromatic nitrogens is 2. The van der Waals surface area contributed by atoms with Crippen molar-refractivity contribution in [2.24, 2.45) is 5.92 Å². The van der Waals surface area contributed by atoms with Crippen molar-refractivity contribution in [2.75, 3.05) is 0 Å². The predicted octanol–water partition coefficient (Wildman–Crippen LogP) is 4.47. The summed E-state index contributed by atoms with van der Waals surface area (Å²) in [5, 5.41) is 0.905. The molecular weight excluding hydrogens is 243 g/mol. The minimum atomic E-state index is 0.440. The zero-order chi connectivity index (χ0) is 11.5. The molecule has 0 amide bonds. The van der Waals surface area contributed by atoms with E-state index in [0.29, 0.717) is 16.2 Å². The molecule has 2 rings (SSSR count). The highest BCUT2D eigenvalue weighted by molar-refractivity contribution is 6.33. The summed E-state index contributed by atoms with van der Waals surface area (Å²) in [5.41, 5.74) is 0. The van der Waals surface area contributed by atoms with E-state index in [2.05, 4.69) is 16.9 Å². The lowest BCUT2D eigenvalue weighted by Crippen LogP contribution is -2.15. The molecule has 2 atom stereocenters. The quantitative estimate of drug-likeness (QED) is 0.732. The lowest BCUT2D eigenvalue weighted by molar-refractivity contribution is 0.307. The molecule has 1 fully saturated rings. The highest BCUT2D eigenvalue weighted by atomic mass is 35.5. The van der Waals surface area contributed by atoms with Gasteiger partial charge >= 0.3 is 0 Å². The van der Waals surface area contributed by atoms with E-state index in [4.69, 9.17) is 23.2 Å². The Hall–Kier alpha value is -0.340. The van der Waals surface area contributed by atoms with Crippen molar-refractivity contribution in [2.45, 2.75) is 44.9 Å². The molecule has 2 unspecified atom stereocenters. The molecule has 4 heteroatoms. The van der Waals surface area contributed by atoms with Gasteiger partial charge in [0.1, 0.15) is 16.1 Å². The summed E-state index contributed by atoms with van der Waals surface area (Å²) in [6, 6.07) is 1.59. The molecule has 1 saturated carbocycles. The van der Waals surface area contributed by atoms with Crippen molar-refractivity contribution in [3.8, 4) is 0 Å². The van der Waals surface area contributed by atoms with Gasteiger partial charge in [0.15, 0.2) is 0 Å². The van der Waals surface area contributed by atoms with Crippen LogP contribution in [0.15, 0.2) is 6.07 Å². The maximum Gasteiger partial charge on any atom is 0.134 e. The molecule has 1 aromatic rings. The molecule has 0 spiro atoms. The Labute approximate surface area is 106 Å². The van der Waals surface area contributed by atoms with Crippen LogP contribution in [0, 0.1) is 5.92 Å². The number of rotatable bonds is 2. The Morgan fingerprint density at radius 1 is 1.25 bits per heavy atom. The lowest BCUT2D eigenvalue weighted by Gasteiger charge is -2.27. The maximum absolute atomic E-state index is 5.90. The van der Waals surface area contributed by atoms with Crippen LogP contribution in [-0.4, -0.2) is 9.97 Å². The molecule has 0 aromatic carbocycles. The van der Waals surface area contributed by atoms with Gasteiger partial charge in [0, 0.05) is 12.0 Å². The SMILES string of the molecule is CCC1CCCC(c2nc(Cl)cc(Cl)n2)C1. The molecule has 1 aliphatic carbocycles. The summed E-state index contributed by atoms with van der Waals surface area (Å²) in [6.45, 7) is 2.25. The molecule has 1 aliphatic rings. The molecule has 88 valence electrons. The van der Waals surface area contributed by atoms with E-state index < -0.39 is 0 Å². The van der Waals surface area contributed by atoms with Gasteiger partial charge in [-0.25, -0.2) is 9.97 Å². The van der Waals surface area contributed by atoms with Crippen molar-refractivity contribution in [3.63, 3.8) is 0 Å². The molecule has 0 saturated heterocycles. The maximum atomic E-state index is 5.90. The lowest BCUT2D eigenvalue weighted by atomic mass is 9.80. The van der Waals surface area contributed by atoms with Crippen LogP contribution in [0.3, 0.4) is 0 Å². The van der Waals surface area contributed by atoms with Gasteiger partial charge in [-0.3, -0.25) is 0 Å². The Morgan fingerprint density at radius 2 is 1.94 bits per heavy atom. The second-order valence-corrected chi connectivity index (χ2v) is 5.28. The zero-order valence-electron chi connectivity index (χ0n) is 9.42. The number of hydrogen-bond acceptors (Lipinski definition) is 2. The molecule has 1 aromatic heterocycles. The van der Waals surface area contributed by atoms with Gasteiger partial charge in [-0.2, -0.15) is 0 Å². The fourth-order valence-corrected chi connectivity index (χ4v) is 2.92. The van der Waals surface area contributed by atoms with Gasteiger partial charge in [0.25, 0.3) is 0 Å². The van der Waals surface area contributed by atoms with E-state index in [0.717, 1.165) is 18.2 Å². The molecular formula is C12H16Cl2N2. The van der Waals surface area contributed by atoms with Crippen molar-refractivity contribution in [1.82, 2.24) is 9.97 Å². The Kier molecular flexibility index (Phi) is 4.04. The fraction of sp³-hybridized carbons (Fsp3) is 0.667. The topological polar surface area (TPSA) is 25.8 Å². The first-order valence-corrected chi connectivity index (χ1v) is 6.64. The first-order chi connectivity index (χ1) is 7.69. The highest BCUT2D eigenvalue weighted by Crippen LogP contribution is 2.36. The third-order valence-electron chi connectivity index (χ3n) is 3.41. The zero-order valence-corrected chi connectivity index (χ0v) is 10.9.